The quantitative estimate of drug-likeness (QED) is 0.624. The molecule has 1 aliphatic heterocycles. The first-order chi connectivity index (χ1) is 16.9. The lowest BCUT2D eigenvalue weighted by Crippen LogP contribution is -2.42. The molecule has 0 saturated carbocycles. The first kappa shape index (κ1) is 25.4. The number of ether oxygens (including phenoxy) is 4. The summed E-state index contributed by atoms with van der Waals surface area (Å²) >= 11 is 0. The molecular weight excluding hydrogens is 444 g/mol. The molecule has 6 heteroatoms. The Morgan fingerprint density at radius 2 is 1.14 bits per heavy atom. The van der Waals surface area contributed by atoms with Gasteiger partial charge in [-0.1, -0.05) is 84.3 Å². The Morgan fingerprint density at radius 1 is 0.743 bits per heavy atom. The van der Waals surface area contributed by atoms with Crippen LogP contribution in [0.1, 0.15) is 37.8 Å². The van der Waals surface area contributed by atoms with Crippen LogP contribution >= 0.6 is 0 Å². The lowest BCUT2D eigenvalue weighted by Gasteiger charge is -2.25. The minimum Gasteiger partial charge on any atom is -0.389 e. The Labute approximate surface area is 207 Å². The maximum atomic E-state index is 10.8. The van der Waals surface area contributed by atoms with Crippen molar-refractivity contribution >= 4 is 0 Å². The lowest BCUT2D eigenvalue weighted by atomic mass is 9.98. The molecule has 184 valence electrons. The molecule has 0 aromatic heterocycles. The summed E-state index contributed by atoms with van der Waals surface area (Å²) in [6.07, 6.45) is -4.31. The number of hydrogen-bond acceptors (Lipinski definition) is 6. The van der Waals surface area contributed by atoms with Crippen LogP contribution in [0.3, 0.4) is 0 Å². The molecule has 2 aromatic rings. The van der Waals surface area contributed by atoms with E-state index in [0.717, 1.165) is 11.1 Å². The molecule has 2 aromatic carbocycles. The highest BCUT2D eigenvalue weighted by Crippen LogP contribution is 2.33. The summed E-state index contributed by atoms with van der Waals surface area (Å²) in [6.45, 7) is 4.20. The molecule has 1 aliphatic carbocycles. The summed E-state index contributed by atoms with van der Waals surface area (Å²) in [7, 11) is 0. The van der Waals surface area contributed by atoms with E-state index in [1.165, 1.54) is 0 Å². The second-order valence-corrected chi connectivity index (χ2v) is 9.18. The maximum Gasteiger partial charge on any atom is 0.164 e. The third kappa shape index (κ3) is 7.16. The van der Waals surface area contributed by atoms with Gasteiger partial charge in [0, 0.05) is 12.8 Å². The van der Waals surface area contributed by atoms with E-state index in [9.17, 15) is 10.2 Å². The van der Waals surface area contributed by atoms with Crippen molar-refractivity contribution in [1.29, 1.82) is 0 Å². The highest BCUT2D eigenvalue weighted by molar-refractivity contribution is 5.21. The molecule has 1 saturated heterocycles. The zero-order chi connectivity index (χ0) is 24.7. The summed E-state index contributed by atoms with van der Waals surface area (Å²) in [5.41, 5.74) is 2.01. The molecular formula is C29H32O6. The molecule has 0 spiro atoms. The SMILES string of the molecule is CC1(C)O[C@H]2[C@H](O1)[C@H](O)CC#C[C@H](OCc1ccccc1)[C@@H](OCc1ccccc1)C#CC[C@H]2O. The molecule has 0 radical (unpaired) electrons. The Kier molecular flexibility index (Phi) is 8.59. The van der Waals surface area contributed by atoms with Gasteiger partial charge in [0.25, 0.3) is 0 Å². The summed E-state index contributed by atoms with van der Waals surface area (Å²) in [5, 5.41) is 21.6. The van der Waals surface area contributed by atoms with Crippen molar-refractivity contribution in [1.82, 2.24) is 0 Å². The standard InChI is InChI=1S/C29H32O6/c1-29(2)34-27-23(30)15-9-17-25(32-19-21-11-5-3-6-12-21)26(18-10-16-24(31)28(27)35-29)33-20-22-13-7-4-8-14-22/h3-8,11-14,23-28,30-31H,15-16,19-20H2,1-2H3/t23-,24-,25+,26+,27-,28-/m1/s1. The fourth-order valence-corrected chi connectivity index (χ4v) is 4.10. The number of fused-ring (bicyclic) bond motifs is 1. The van der Waals surface area contributed by atoms with Crippen LogP contribution in [0.25, 0.3) is 0 Å². The topological polar surface area (TPSA) is 77.4 Å². The van der Waals surface area contributed by atoms with Gasteiger partial charge in [0.15, 0.2) is 18.0 Å². The Morgan fingerprint density at radius 3 is 1.54 bits per heavy atom. The van der Waals surface area contributed by atoms with Crippen molar-refractivity contribution in [2.24, 2.45) is 0 Å². The minimum absolute atomic E-state index is 0.136. The number of aliphatic hydroxyl groups excluding tert-OH is 2. The molecule has 2 N–H and O–H groups in total. The third-order valence-corrected chi connectivity index (χ3v) is 5.85. The van der Waals surface area contributed by atoms with Gasteiger partial charge in [-0.3, -0.25) is 0 Å². The Hall–Kier alpha value is -2.68. The van der Waals surface area contributed by atoms with Crippen molar-refractivity contribution in [2.75, 3.05) is 0 Å². The van der Waals surface area contributed by atoms with Gasteiger partial charge >= 0.3 is 0 Å². The first-order valence-corrected chi connectivity index (χ1v) is 11.9. The van der Waals surface area contributed by atoms with Crippen LogP contribution < -0.4 is 0 Å². The zero-order valence-electron chi connectivity index (χ0n) is 20.1. The van der Waals surface area contributed by atoms with E-state index in [1.54, 1.807) is 13.8 Å². The largest absolute Gasteiger partial charge is 0.389 e. The van der Waals surface area contributed by atoms with Crippen LogP contribution in [-0.2, 0) is 32.2 Å². The van der Waals surface area contributed by atoms with Crippen LogP contribution in [-0.4, -0.2) is 52.6 Å². The van der Waals surface area contributed by atoms with Gasteiger partial charge < -0.3 is 29.2 Å². The fourth-order valence-electron chi connectivity index (χ4n) is 4.10. The number of hydrogen-bond donors (Lipinski definition) is 2. The molecule has 1 fully saturated rings. The highest BCUT2D eigenvalue weighted by Gasteiger charge is 2.47. The predicted octanol–water partition coefficient (Wildman–Crippen LogP) is 3.20. The molecule has 0 amide bonds. The molecule has 0 unspecified atom stereocenters. The van der Waals surface area contributed by atoms with E-state index < -0.39 is 42.4 Å². The smallest absolute Gasteiger partial charge is 0.164 e. The van der Waals surface area contributed by atoms with E-state index in [-0.39, 0.29) is 12.8 Å². The average molecular weight is 477 g/mol. The monoisotopic (exact) mass is 476 g/mol. The predicted molar refractivity (Wildman–Crippen MR) is 131 cm³/mol. The van der Waals surface area contributed by atoms with Crippen molar-refractivity contribution < 1.29 is 29.2 Å². The normalized spacial score (nSPS) is 29.9. The molecule has 1 heterocycles. The first-order valence-electron chi connectivity index (χ1n) is 11.9. The van der Waals surface area contributed by atoms with Crippen LogP contribution in [0.15, 0.2) is 60.7 Å². The van der Waals surface area contributed by atoms with Gasteiger partial charge in [0.05, 0.1) is 25.4 Å². The minimum atomic E-state index is -0.935. The summed E-state index contributed by atoms with van der Waals surface area (Å²) in [5.74, 6) is 11.4. The van der Waals surface area contributed by atoms with Gasteiger partial charge in [0.2, 0.25) is 0 Å². The van der Waals surface area contributed by atoms with Crippen molar-refractivity contribution in [3.8, 4) is 23.7 Å². The fraction of sp³-hybridized carbons (Fsp3) is 0.448. The Bertz CT molecular complexity index is 977. The van der Waals surface area contributed by atoms with Gasteiger partial charge in [-0.15, -0.1) is 0 Å². The van der Waals surface area contributed by atoms with Crippen molar-refractivity contribution in [3.63, 3.8) is 0 Å². The van der Waals surface area contributed by atoms with Crippen LogP contribution in [0, 0.1) is 23.7 Å². The van der Waals surface area contributed by atoms with Gasteiger partial charge in [-0.05, 0) is 25.0 Å². The third-order valence-electron chi connectivity index (χ3n) is 5.85. The average Bonchev–Trinajstić information content (AvgIpc) is 3.19. The molecule has 6 atom stereocenters. The highest BCUT2D eigenvalue weighted by atomic mass is 16.8. The molecule has 35 heavy (non-hydrogen) atoms. The van der Waals surface area contributed by atoms with Gasteiger partial charge in [-0.25, -0.2) is 0 Å². The van der Waals surface area contributed by atoms with E-state index in [0.29, 0.717) is 13.2 Å². The van der Waals surface area contributed by atoms with Gasteiger partial charge in [-0.2, -0.15) is 0 Å². The number of aliphatic hydroxyl groups is 2. The summed E-state index contributed by atoms with van der Waals surface area (Å²) < 4.78 is 24.1. The van der Waals surface area contributed by atoms with E-state index in [2.05, 4.69) is 23.7 Å². The van der Waals surface area contributed by atoms with Crippen molar-refractivity contribution in [2.45, 2.75) is 82.3 Å². The molecule has 4 rings (SSSR count). The molecule has 2 aliphatic rings. The van der Waals surface area contributed by atoms with Crippen molar-refractivity contribution in [3.05, 3.63) is 71.8 Å². The van der Waals surface area contributed by atoms with Crippen LogP contribution in [0.4, 0.5) is 0 Å². The van der Waals surface area contributed by atoms with Crippen LogP contribution in [0.2, 0.25) is 0 Å². The number of rotatable bonds is 6. The second kappa shape index (κ2) is 11.8. The maximum absolute atomic E-state index is 10.8. The van der Waals surface area contributed by atoms with Gasteiger partial charge in [0.1, 0.15) is 12.2 Å². The summed E-state index contributed by atoms with van der Waals surface area (Å²) in [4.78, 5) is 0. The van der Waals surface area contributed by atoms with Crippen LogP contribution in [0.5, 0.6) is 0 Å². The summed E-state index contributed by atoms with van der Waals surface area (Å²) in [6, 6.07) is 19.6. The number of benzene rings is 2. The molecule has 6 nitrogen and oxygen atoms in total. The second-order valence-electron chi connectivity index (χ2n) is 9.18. The van der Waals surface area contributed by atoms with E-state index >= 15 is 0 Å². The lowest BCUT2D eigenvalue weighted by molar-refractivity contribution is -0.160. The van der Waals surface area contributed by atoms with E-state index in [4.69, 9.17) is 18.9 Å². The molecule has 0 bridgehead atoms. The zero-order valence-corrected chi connectivity index (χ0v) is 20.1. The Balaban J connectivity index is 1.57. The van der Waals surface area contributed by atoms with E-state index in [1.807, 2.05) is 60.7 Å².